The molecule has 2 atom stereocenters. The van der Waals surface area contributed by atoms with Crippen LogP contribution in [0.25, 0.3) is 6.08 Å². The molecule has 2 heterocycles. The van der Waals surface area contributed by atoms with Crippen LogP contribution in [0.15, 0.2) is 74.1 Å². The van der Waals surface area contributed by atoms with E-state index in [0.29, 0.717) is 0 Å². The van der Waals surface area contributed by atoms with Crippen molar-refractivity contribution in [1.29, 1.82) is 0 Å². The molecule has 1 N–H and O–H groups in total. The Balaban J connectivity index is 1.81. The van der Waals surface area contributed by atoms with Gasteiger partial charge in [-0.3, -0.25) is 9.79 Å². The second-order valence-corrected chi connectivity index (χ2v) is 6.97. The van der Waals surface area contributed by atoms with E-state index in [1.165, 1.54) is 11.1 Å². The van der Waals surface area contributed by atoms with Gasteiger partial charge in [-0.05, 0) is 56.2 Å². The van der Waals surface area contributed by atoms with Crippen molar-refractivity contribution in [3.8, 4) is 0 Å². The number of hydrogen-bond acceptors (Lipinski definition) is 3. The Morgan fingerprint density at radius 2 is 2.23 bits per heavy atom. The summed E-state index contributed by atoms with van der Waals surface area (Å²) in [6.45, 7) is 4.25. The summed E-state index contributed by atoms with van der Waals surface area (Å²) in [5.74, 6) is 1.08. The highest BCUT2D eigenvalue weighted by Crippen LogP contribution is 2.51. The summed E-state index contributed by atoms with van der Waals surface area (Å²) in [5, 5.41) is 0. The van der Waals surface area contributed by atoms with Gasteiger partial charge in [0, 0.05) is 35.9 Å². The molecule has 2 aromatic rings. The Bertz CT molecular complexity index is 989. The molecule has 4 rings (SSSR count). The second kappa shape index (κ2) is 6.45. The van der Waals surface area contributed by atoms with Gasteiger partial charge in [-0.2, -0.15) is 0 Å². The standard InChI is InChI=1S/C22H22N2O2/c1-3-18-16-12-15(2)14-22(18,19-8-9-21(25)24-20(19)13-16)23-10-4-6-17-7-5-11-26-17/h3-12,16H,13-14H2,1-2H3,(H,24,25)/b6-4?,18-3+,23-10?/t16-,22+/m0/s1. The maximum Gasteiger partial charge on any atom is 0.248 e. The van der Waals surface area contributed by atoms with Gasteiger partial charge in [-0.1, -0.05) is 17.7 Å². The molecule has 2 bridgehead atoms. The smallest absolute Gasteiger partial charge is 0.248 e. The molecule has 0 saturated heterocycles. The number of fused-ring (bicyclic) bond motifs is 4. The normalized spacial score (nSPS) is 26.5. The van der Waals surface area contributed by atoms with Crippen molar-refractivity contribution in [2.75, 3.05) is 0 Å². The van der Waals surface area contributed by atoms with Crippen LogP contribution in [0.3, 0.4) is 0 Å². The summed E-state index contributed by atoms with van der Waals surface area (Å²) in [7, 11) is 0. The molecule has 0 unspecified atom stereocenters. The molecule has 4 nitrogen and oxygen atoms in total. The van der Waals surface area contributed by atoms with Gasteiger partial charge in [0.05, 0.1) is 6.26 Å². The molecule has 2 aliphatic rings. The number of allylic oxidation sites excluding steroid dienone is 3. The SMILES string of the molecule is C/C=C1\[C@H]2C=C(C)C[C@]1(N=CC=Cc1ccco1)c1ccc(=O)[nH]c1C2. The number of rotatable bonds is 3. The summed E-state index contributed by atoms with van der Waals surface area (Å²) in [5.41, 5.74) is 4.27. The molecule has 4 heteroatoms. The second-order valence-electron chi connectivity index (χ2n) is 6.97. The number of hydrogen-bond donors (Lipinski definition) is 1. The van der Waals surface area contributed by atoms with Gasteiger partial charge in [0.2, 0.25) is 5.56 Å². The average Bonchev–Trinajstić information content (AvgIpc) is 3.11. The van der Waals surface area contributed by atoms with Crippen LogP contribution < -0.4 is 5.56 Å². The van der Waals surface area contributed by atoms with Gasteiger partial charge in [0.15, 0.2) is 0 Å². The van der Waals surface area contributed by atoms with E-state index >= 15 is 0 Å². The molecule has 0 saturated carbocycles. The predicted molar refractivity (Wildman–Crippen MR) is 104 cm³/mol. The highest BCUT2D eigenvalue weighted by atomic mass is 16.3. The topological polar surface area (TPSA) is 58.4 Å². The van der Waals surface area contributed by atoms with Crippen LogP contribution in [0.2, 0.25) is 0 Å². The summed E-state index contributed by atoms with van der Waals surface area (Å²) in [6, 6.07) is 7.32. The first kappa shape index (κ1) is 16.6. The number of nitrogens with one attached hydrogen (secondary N) is 1. The number of aromatic amines is 1. The van der Waals surface area contributed by atoms with Gasteiger partial charge in [-0.15, -0.1) is 0 Å². The Kier molecular flexibility index (Phi) is 4.11. The van der Waals surface area contributed by atoms with Crippen molar-refractivity contribution in [2.45, 2.75) is 32.2 Å². The molecule has 2 aliphatic carbocycles. The van der Waals surface area contributed by atoms with E-state index < -0.39 is 5.54 Å². The first-order valence-electron chi connectivity index (χ1n) is 8.94. The number of furan rings is 1. The molecule has 132 valence electrons. The van der Waals surface area contributed by atoms with Crippen LogP contribution in [0.5, 0.6) is 0 Å². The number of nitrogens with zero attached hydrogens (tertiary/aromatic N) is 1. The fraction of sp³-hybridized carbons (Fsp3) is 0.273. The van der Waals surface area contributed by atoms with E-state index in [1.54, 1.807) is 12.3 Å². The van der Waals surface area contributed by atoms with Crippen molar-refractivity contribution < 1.29 is 4.42 Å². The highest BCUT2D eigenvalue weighted by molar-refractivity contribution is 5.78. The van der Waals surface area contributed by atoms with E-state index in [0.717, 1.165) is 29.9 Å². The molecular formula is C22H22N2O2. The van der Waals surface area contributed by atoms with Crippen LogP contribution >= 0.6 is 0 Å². The molecule has 0 aliphatic heterocycles. The summed E-state index contributed by atoms with van der Waals surface area (Å²) in [6.07, 6.45) is 13.5. The van der Waals surface area contributed by atoms with Crippen molar-refractivity contribution in [3.63, 3.8) is 0 Å². The highest BCUT2D eigenvalue weighted by Gasteiger charge is 2.46. The maximum atomic E-state index is 11.8. The molecule has 2 aromatic heterocycles. The number of aromatic nitrogens is 1. The zero-order valence-corrected chi connectivity index (χ0v) is 15.0. The lowest BCUT2D eigenvalue weighted by Crippen LogP contribution is -2.40. The third-order valence-electron chi connectivity index (χ3n) is 5.26. The lowest BCUT2D eigenvalue weighted by Gasteiger charge is -2.45. The fourth-order valence-electron chi connectivity index (χ4n) is 4.35. The summed E-state index contributed by atoms with van der Waals surface area (Å²) >= 11 is 0. The van der Waals surface area contributed by atoms with Crippen LogP contribution in [0.4, 0.5) is 0 Å². The van der Waals surface area contributed by atoms with E-state index in [-0.39, 0.29) is 11.5 Å². The van der Waals surface area contributed by atoms with Crippen molar-refractivity contribution >= 4 is 12.3 Å². The first-order chi connectivity index (χ1) is 12.6. The van der Waals surface area contributed by atoms with Gasteiger partial charge >= 0.3 is 0 Å². The molecule has 26 heavy (non-hydrogen) atoms. The average molecular weight is 346 g/mol. The molecule has 0 spiro atoms. The first-order valence-corrected chi connectivity index (χ1v) is 8.94. The lowest BCUT2D eigenvalue weighted by molar-refractivity contribution is 0.413. The minimum absolute atomic E-state index is 0.0525. The molecule has 0 aromatic carbocycles. The number of aliphatic imine (C=N–C) groups is 1. The van der Waals surface area contributed by atoms with Crippen LogP contribution in [0.1, 0.15) is 37.3 Å². The summed E-state index contributed by atoms with van der Waals surface area (Å²) < 4.78 is 5.33. The van der Waals surface area contributed by atoms with E-state index in [1.807, 2.05) is 36.6 Å². The Hall–Kier alpha value is -2.88. The van der Waals surface area contributed by atoms with Crippen LogP contribution in [-0.2, 0) is 12.0 Å². The summed E-state index contributed by atoms with van der Waals surface area (Å²) in [4.78, 5) is 19.9. The fourth-order valence-corrected chi connectivity index (χ4v) is 4.35. The molecule has 0 radical (unpaired) electrons. The number of H-pyrrole nitrogens is 1. The van der Waals surface area contributed by atoms with E-state index in [4.69, 9.17) is 9.41 Å². The van der Waals surface area contributed by atoms with Gasteiger partial charge in [0.1, 0.15) is 11.3 Å². The zero-order chi connectivity index (χ0) is 18.1. The monoisotopic (exact) mass is 346 g/mol. The van der Waals surface area contributed by atoms with Gasteiger partial charge < -0.3 is 9.40 Å². The van der Waals surface area contributed by atoms with E-state index in [2.05, 4.69) is 31.0 Å². The van der Waals surface area contributed by atoms with Crippen LogP contribution in [0, 0.1) is 5.92 Å². The molecule has 0 fully saturated rings. The third kappa shape index (κ3) is 2.71. The van der Waals surface area contributed by atoms with Gasteiger partial charge in [0.25, 0.3) is 0 Å². The van der Waals surface area contributed by atoms with Crippen molar-refractivity contribution in [3.05, 3.63) is 87.3 Å². The maximum absolute atomic E-state index is 11.8. The van der Waals surface area contributed by atoms with Crippen LogP contribution in [-0.4, -0.2) is 11.2 Å². The third-order valence-corrected chi connectivity index (χ3v) is 5.26. The van der Waals surface area contributed by atoms with Crippen molar-refractivity contribution in [1.82, 2.24) is 4.98 Å². The minimum atomic E-state index is -0.441. The van der Waals surface area contributed by atoms with E-state index in [9.17, 15) is 4.79 Å². The van der Waals surface area contributed by atoms with Gasteiger partial charge in [-0.25, -0.2) is 0 Å². The lowest BCUT2D eigenvalue weighted by atomic mass is 9.63. The minimum Gasteiger partial charge on any atom is -0.465 e. The molecular weight excluding hydrogens is 324 g/mol. The molecule has 0 amide bonds. The predicted octanol–water partition coefficient (Wildman–Crippen LogP) is 4.42. The Morgan fingerprint density at radius 3 is 3.00 bits per heavy atom. The quantitative estimate of drug-likeness (QED) is 0.661. The van der Waals surface area contributed by atoms with Crippen molar-refractivity contribution in [2.24, 2.45) is 10.9 Å². The Morgan fingerprint density at radius 1 is 1.35 bits per heavy atom. The Labute approximate surface area is 152 Å². The largest absolute Gasteiger partial charge is 0.465 e. The number of pyridine rings is 1. The zero-order valence-electron chi connectivity index (χ0n) is 15.0.